The van der Waals surface area contributed by atoms with Gasteiger partial charge in [0.1, 0.15) is 17.6 Å². The number of piperidine rings is 1. The van der Waals surface area contributed by atoms with Crippen molar-refractivity contribution in [1.82, 2.24) is 60.1 Å². The molecular weight excluding hydrogens is 1150 g/mol. The number of aromatic carboxylic acids is 1. The van der Waals surface area contributed by atoms with E-state index >= 15 is 0 Å². The molecule has 4 saturated carbocycles. The molecule has 7 heterocycles. The number of pyridine rings is 1. The zero-order valence-corrected chi connectivity index (χ0v) is 52.2. The van der Waals surface area contributed by atoms with E-state index in [2.05, 4.69) is 68.9 Å². The summed E-state index contributed by atoms with van der Waals surface area (Å²) in [5.41, 5.74) is 5.53. The number of aryl methyl sites for hydroxylation is 2. The fourth-order valence-corrected chi connectivity index (χ4v) is 16.3. The molecule has 7 aromatic rings. The average Bonchev–Trinajstić information content (AvgIpc) is 1.39. The van der Waals surface area contributed by atoms with Crippen LogP contribution in [0.3, 0.4) is 0 Å². The number of anilines is 5. The molecule has 24 nitrogen and oxygen atoms in total. The zero-order chi connectivity index (χ0) is 62.2. The van der Waals surface area contributed by atoms with E-state index in [0.29, 0.717) is 85.4 Å². The predicted molar refractivity (Wildman–Crippen MR) is 333 cm³/mol. The molecule has 3 atom stereocenters. The summed E-state index contributed by atoms with van der Waals surface area (Å²) in [5, 5.41) is 43.3. The molecule has 89 heavy (non-hydrogen) atoms. The fraction of sp³-hybridized carbons (Fsp3) is 0.500. The smallest absolute Gasteiger partial charge is 0.355 e. The molecule has 3 unspecified atom stereocenters. The number of carbonyl (C=O) groups is 5. The lowest BCUT2D eigenvalue weighted by Gasteiger charge is -2.69. The van der Waals surface area contributed by atoms with Crippen molar-refractivity contribution >= 4 is 79.4 Å². The highest BCUT2D eigenvalue weighted by molar-refractivity contribution is 7.22. The van der Waals surface area contributed by atoms with Gasteiger partial charge in [-0.05, 0) is 156 Å². The molecule has 13 rings (SSSR count). The number of carboxylic acid groups (broad SMARTS) is 1. The summed E-state index contributed by atoms with van der Waals surface area (Å²) in [6.45, 7) is 13.8. The molecule has 1 saturated heterocycles. The molecule has 5 fully saturated rings. The van der Waals surface area contributed by atoms with Crippen molar-refractivity contribution in [3.63, 3.8) is 0 Å². The number of benzene rings is 2. The number of imide groups is 2. The van der Waals surface area contributed by atoms with Crippen molar-refractivity contribution in [3.8, 4) is 11.1 Å². The molecule has 5 aromatic heterocycles. The van der Waals surface area contributed by atoms with Gasteiger partial charge in [-0.3, -0.25) is 38.8 Å². The Morgan fingerprint density at radius 3 is 2.40 bits per heavy atom. The van der Waals surface area contributed by atoms with E-state index in [4.69, 9.17) is 34.4 Å². The van der Waals surface area contributed by atoms with Crippen molar-refractivity contribution in [2.45, 2.75) is 130 Å². The first kappa shape index (κ1) is 61.2. The number of carboxylic acids is 1. The molecule has 2 aliphatic heterocycles. The number of fused-ring (bicyclic) bond motifs is 2. The van der Waals surface area contributed by atoms with Crippen LogP contribution in [-0.4, -0.2) is 161 Å². The Morgan fingerprint density at radius 1 is 0.820 bits per heavy atom. The first-order chi connectivity index (χ1) is 42.8. The number of hydrogen-bond acceptors (Lipinski definition) is 20. The van der Waals surface area contributed by atoms with Gasteiger partial charge in [-0.15, -0.1) is 15.3 Å². The van der Waals surface area contributed by atoms with Crippen LogP contribution < -0.4 is 20.9 Å². The van der Waals surface area contributed by atoms with Gasteiger partial charge in [0.25, 0.3) is 11.8 Å². The quantitative estimate of drug-likeness (QED) is 0.0263. The number of likely N-dealkylation sites (N-methyl/N-ethyl adjacent to an activating group) is 1. The molecule has 4 N–H and O–H groups in total. The molecule has 4 amide bonds. The molecule has 2 aromatic carbocycles. The summed E-state index contributed by atoms with van der Waals surface area (Å²) in [6.07, 6.45) is 12.7. The third-order valence-electron chi connectivity index (χ3n) is 18.1. The minimum atomic E-state index is -1.14. The highest BCUT2D eigenvalue weighted by Crippen LogP contribution is 2.72. The number of para-hydroxylation sites is 1. The number of nitrogens with zero attached hydrogens (tertiary/aromatic N) is 12. The lowest BCUT2D eigenvalue weighted by molar-refractivity contribution is -0.248. The standard InChI is InChI=1S/C64H77N15O9S/c1-40-29-51(72-73-55(40)70-60-67-46-14-8-9-16-49(46)89-60)77(50-19-17-43(54(68-50)59(84)85)45-30-66-78(41(45)2)39-63-34-61(3)33-62(4,35-63)37-64(36-61,38-63)88-26-24-75(5)6)23-11-7-10-22-76-31-42(71-74-76)32-87-28-27-86-25-21-65-47-15-12-13-44-53(47)58(83)79(57(44)82)48-18-20-52(80)69-56(48)81/h8-9,12-17,19,29-31,48,65H,7,10-11,18,20-28,32-39H2,1-6H3,(H,84,85)(H,67,70,73)(H,69,80,81). The Bertz CT molecular complexity index is 3790. The molecule has 6 aliphatic rings. The van der Waals surface area contributed by atoms with E-state index in [-0.39, 0.29) is 64.7 Å². The van der Waals surface area contributed by atoms with Gasteiger partial charge in [0.05, 0.1) is 72.4 Å². The van der Waals surface area contributed by atoms with Crippen molar-refractivity contribution in [2.75, 3.05) is 75.7 Å². The third kappa shape index (κ3) is 13.0. The Labute approximate surface area is 520 Å². The maximum absolute atomic E-state index is 13.4. The van der Waals surface area contributed by atoms with Gasteiger partial charge in [0, 0.05) is 61.7 Å². The number of rotatable bonds is 28. The minimum absolute atomic E-state index is 0.00794. The van der Waals surface area contributed by atoms with Gasteiger partial charge in [-0.2, -0.15) is 5.10 Å². The first-order valence-electron chi connectivity index (χ1n) is 30.7. The average molecular weight is 1230 g/mol. The van der Waals surface area contributed by atoms with Crippen molar-refractivity contribution in [2.24, 2.45) is 16.2 Å². The van der Waals surface area contributed by atoms with Crippen LogP contribution in [0, 0.1) is 30.1 Å². The van der Waals surface area contributed by atoms with Crippen molar-refractivity contribution < 1.29 is 43.3 Å². The second-order valence-corrected chi connectivity index (χ2v) is 27.0. The van der Waals surface area contributed by atoms with Crippen molar-refractivity contribution in [1.29, 1.82) is 0 Å². The summed E-state index contributed by atoms with van der Waals surface area (Å²) in [6, 6.07) is 17.5. The Kier molecular flexibility index (Phi) is 17.2. The van der Waals surface area contributed by atoms with E-state index in [0.717, 1.165) is 90.0 Å². The van der Waals surface area contributed by atoms with Crippen LogP contribution >= 0.6 is 11.3 Å². The number of thiazole rings is 1. The van der Waals surface area contributed by atoms with Crippen LogP contribution in [0.4, 0.5) is 28.3 Å². The summed E-state index contributed by atoms with van der Waals surface area (Å²) >= 11 is 1.53. The van der Waals surface area contributed by atoms with Gasteiger partial charge in [-0.1, -0.05) is 48.6 Å². The van der Waals surface area contributed by atoms with Crippen molar-refractivity contribution in [3.05, 3.63) is 107 Å². The van der Waals surface area contributed by atoms with Gasteiger partial charge in [0.2, 0.25) is 11.8 Å². The predicted octanol–water partition coefficient (Wildman–Crippen LogP) is 8.75. The fourth-order valence-electron chi connectivity index (χ4n) is 15.4. The lowest BCUT2D eigenvalue weighted by atomic mass is 9.39. The number of unbranched alkanes of at least 4 members (excludes halogenated alkanes) is 2. The van der Waals surface area contributed by atoms with E-state index in [1.54, 1.807) is 29.1 Å². The maximum atomic E-state index is 13.4. The minimum Gasteiger partial charge on any atom is -0.476 e. The number of amides is 4. The van der Waals surface area contributed by atoms with Crippen LogP contribution in [-0.2, 0) is 43.5 Å². The van der Waals surface area contributed by atoms with Crippen LogP contribution in [0.1, 0.15) is 133 Å². The first-order valence-corrected chi connectivity index (χ1v) is 31.5. The van der Waals surface area contributed by atoms with Crippen LogP contribution in [0.15, 0.2) is 73.1 Å². The Morgan fingerprint density at radius 2 is 1.63 bits per heavy atom. The van der Waals surface area contributed by atoms with E-state index in [1.807, 2.05) is 67.4 Å². The largest absolute Gasteiger partial charge is 0.476 e. The van der Waals surface area contributed by atoms with Gasteiger partial charge < -0.3 is 39.8 Å². The summed E-state index contributed by atoms with van der Waals surface area (Å²) < 4.78 is 23.5. The summed E-state index contributed by atoms with van der Waals surface area (Å²) in [7, 11) is 4.18. The zero-order valence-electron chi connectivity index (χ0n) is 51.3. The van der Waals surface area contributed by atoms with Crippen LogP contribution in [0.25, 0.3) is 21.3 Å². The number of hydrogen-bond donors (Lipinski definition) is 4. The second-order valence-electron chi connectivity index (χ2n) is 26.0. The Hall–Kier alpha value is -8.10. The van der Waals surface area contributed by atoms with E-state index in [9.17, 15) is 29.1 Å². The highest BCUT2D eigenvalue weighted by Gasteiger charge is 2.66. The molecule has 25 heteroatoms. The van der Waals surface area contributed by atoms with E-state index < -0.39 is 35.6 Å². The number of carbonyl (C=O) groups excluding carboxylic acids is 4. The Balaban J connectivity index is 0.661. The summed E-state index contributed by atoms with van der Waals surface area (Å²) in [5.74, 6) is -1.86. The molecule has 0 radical (unpaired) electrons. The monoisotopic (exact) mass is 1230 g/mol. The normalized spacial score (nSPS) is 22.8. The maximum Gasteiger partial charge on any atom is 0.355 e. The number of nitrogens with one attached hydrogen (secondary N) is 3. The molecule has 0 spiro atoms. The third-order valence-corrected chi connectivity index (χ3v) is 19.1. The topological polar surface area (TPSA) is 279 Å². The van der Waals surface area contributed by atoms with Gasteiger partial charge in [-0.25, -0.2) is 14.8 Å². The van der Waals surface area contributed by atoms with Crippen LogP contribution in [0.5, 0.6) is 0 Å². The number of aromatic nitrogens is 9. The molecular formula is C64H77N15O9S. The van der Waals surface area contributed by atoms with Gasteiger partial charge in [0.15, 0.2) is 22.5 Å². The molecule has 468 valence electrons. The molecule has 4 aliphatic carbocycles. The van der Waals surface area contributed by atoms with Crippen LogP contribution in [0.2, 0.25) is 0 Å². The summed E-state index contributed by atoms with van der Waals surface area (Å²) in [4.78, 5) is 78.9. The van der Waals surface area contributed by atoms with E-state index in [1.165, 1.54) is 17.8 Å². The molecule has 4 bridgehead atoms. The number of ether oxygens (including phenoxy) is 3. The SMILES string of the molecule is Cc1cc(N(CCCCCn2cc(COCCOCCNc3cccc4c3C(=O)N(C3CCC(=O)NC3=O)C4=O)nn2)c2ccc(-c3cnn(CC45CC6(C)CC(C)(C4)CC(OCCN(C)C)(C6)C5)c3C)c(C(=O)O)n2)nnc1Nc1nc2ccccc2s1. The highest BCUT2D eigenvalue weighted by atomic mass is 32.1. The lowest BCUT2D eigenvalue weighted by Crippen LogP contribution is -2.64. The van der Waals surface area contributed by atoms with Gasteiger partial charge >= 0.3 is 5.97 Å². The second kappa shape index (κ2) is 25.1.